The summed E-state index contributed by atoms with van der Waals surface area (Å²) in [6.45, 7) is 1.84. The third kappa shape index (κ3) is 2.33. The Morgan fingerprint density at radius 3 is 2.90 bits per heavy atom. The molecular formula is C14H10N2O3S. The summed E-state index contributed by atoms with van der Waals surface area (Å²) in [7, 11) is 0. The van der Waals surface area contributed by atoms with E-state index in [-0.39, 0.29) is 11.2 Å². The standard InChI is InChI=1S/C14H10N2O3S/c1-8-7-20-14(15-8)16-13(18)12-6-10(17)9-4-2-3-5-11(9)19-12/h2-7H,1H3,(H,15,16,18). The molecule has 100 valence electrons. The lowest BCUT2D eigenvalue weighted by atomic mass is 10.2. The van der Waals surface area contributed by atoms with Gasteiger partial charge < -0.3 is 4.42 Å². The molecule has 0 unspecified atom stereocenters. The van der Waals surface area contributed by atoms with Gasteiger partial charge >= 0.3 is 0 Å². The normalized spacial score (nSPS) is 10.7. The van der Waals surface area contributed by atoms with Crippen molar-refractivity contribution < 1.29 is 9.21 Å². The van der Waals surface area contributed by atoms with Crippen LogP contribution in [0.2, 0.25) is 0 Å². The Balaban J connectivity index is 1.97. The fourth-order valence-electron chi connectivity index (χ4n) is 1.79. The highest BCUT2D eigenvalue weighted by Crippen LogP contribution is 2.17. The van der Waals surface area contributed by atoms with Gasteiger partial charge in [0, 0.05) is 11.4 Å². The van der Waals surface area contributed by atoms with E-state index in [0.29, 0.717) is 16.1 Å². The molecule has 0 bridgehead atoms. The van der Waals surface area contributed by atoms with Crippen molar-refractivity contribution in [3.8, 4) is 0 Å². The summed E-state index contributed by atoms with van der Waals surface area (Å²) >= 11 is 1.32. The number of hydrogen-bond donors (Lipinski definition) is 1. The predicted molar refractivity (Wildman–Crippen MR) is 77.3 cm³/mol. The maximum Gasteiger partial charge on any atom is 0.293 e. The first-order valence-corrected chi connectivity index (χ1v) is 6.78. The summed E-state index contributed by atoms with van der Waals surface area (Å²) in [6.07, 6.45) is 0. The van der Waals surface area contributed by atoms with Crippen molar-refractivity contribution in [2.75, 3.05) is 5.32 Å². The van der Waals surface area contributed by atoms with Crippen LogP contribution in [-0.2, 0) is 0 Å². The number of fused-ring (bicyclic) bond motifs is 1. The molecule has 2 heterocycles. The highest BCUT2D eigenvalue weighted by Gasteiger charge is 2.13. The first kappa shape index (κ1) is 12.6. The number of rotatable bonds is 2. The molecule has 0 radical (unpaired) electrons. The Hall–Kier alpha value is -2.47. The first-order valence-electron chi connectivity index (χ1n) is 5.90. The summed E-state index contributed by atoms with van der Waals surface area (Å²) in [5, 5.41) is 5.36. The van der Waals surface area contributed by atoms with E-state index in [1.807, 2.05) is 12.3 Å². The van der Waals surface area contributed by atoms with E-state index in [2.05, 4.69) is 10.3 Å². The van der Waals surface area contributed by atoms with Crippen LogP contribution < -0.4 is 10.7 Å². The van der Waals surface area contributed by atoms with Crippen LogP contribution in [0.25, 0.3) is 11.0 Å². The Labute approximate surface area is 117 Å². The zero-order valence-corrected chi connectivity index (χ0v) is 11.4. The van der Waals surface area contributed by atoms with Crippen LogP contribution in [-0.4, -0.2) is 10.9 Å². The molecule has 0 aliphatic rings. The van der Waals surface area contributed by atoms with Crippen LogP contribution in [0, 0.1) is 6.92 Å². The van der Waals surface area contributed by atoms with E-state index < -0.39 is 5.91 Å². The van der Waals surface area contributed by atoms with Crippen molar-refractivity contribution in [2.24, 2.45) is 0 Å². The largest absolute Gasteiger partial charge is 0.451 e. The molecule has 20 heavy (non-hydrogen) atoms. The second-order valence-electron chi connectivity index (χ2n) is 4.22. The average Bonchev–Trinajstić information content (AvgIpc) is 2.84. The monoisotopic (exact) mass is 286 g/mol. The van der Waals surface area contributed by atoms with Crippen LogP contribution >= 0.6 is 11.3 Å². The smallest absolute Gasteiger partial charge is 0.293 e. The van der Waals surface area contributed by atoms with Crippen LogP contribution in [0.15, 0.2) is 44.9 Å². The van der Waals surface area contributed by atoms with Gasteiger partial charge in [0.15, 0.2) is 16.3 Å². The number of aromatic nitrogens is 1. The molecule has 0 aliphatic carbocycles. The number of amides is 1. The Morgan fingerprint density at radius 1 is 1.35 bits per heavy atom. The second kappa shape index (κ2) is 4.90. The van der Waals surface area contributed by atoms with Crippen molar-refractivity contribution in [1.29, 1.82) is 0 Å². The minimum Gasteiger partial charge on any atom is -0.451 e. The highest BCUT2D eigenvalue weighted by atomic mass is 32.1. The molecule has 0 aliphatic heterocycles. The van der Waals surface area contributed by atoms with Gasteiger partial charge in [0.2, 0.25) is 0 Å². The van der Waals surface area contributed by atoms with Crippen molar-refractivity contribution in [2.45, 2.75) is 6.92 Å². The lowest BCUT2D eigenvalue weighted by Gasteiger charge is -2.02. The number of para-hydroxylation sites is 1. The SMILES string of the molecule is Cc1csc(NC(=O)c2cc(=O)c3ccccc3o2)n1. The third-order valence-corrected chi connectivity index (χ3v) is 3.57. The average molecular weight is 286 g/mol. The zero-order valence-electron chi connectivity index (χ0n) is 10.5. The number of thiazole rings is 1. The van der Waals surface area contributed by atoms with E-state index in [1.54, 1.807) is 24.3 Å². The minimum atomic E-state index is -0.484. The van der Waals surface area contributed by atoms with E-state index >= 15 is 0 Å². The minimum absolute atomic E-state index is 0.0263. The quantitative estimate of drug-likeness (QED) is 0.786. The van der Waals surface area contributed by atoms with Gasteiger partial charge in [-0.2, -0.15) is 0 Å². The summed E-state index contributed by atoms with van der Waals surface area (Å²) in [6, 6.07) is 8.00. The van der Waals surface area contributed by atoms with Crippen molar-refractivity contribution >= 4 is 33.3 Å². The summed E-state index contributed by atoms with van der Waals surface area (Å²) in [5.74, 6) is -0.510. The molecule has 5 nitrogen and oxygen atoms in total. The van der Waals surface area contributed by atoms with Crippen LogP contribution in [0.5, 0.6) is 0 Å². The lowest BCUT2D eigenvalue weighted by molar-refractivity contribution is 0.0997. The number of anilines is 1. The molecule has 0 spiro atoms. The molecule has 6 heteroatoms. The van der Waals surface area contributed by atoms with E-state index in [0.717, 1.165) is 5.69 Å². The molecule has 0 saturated heterocycles. The van der Waals surface area contributed by atoms with Gasteiger partial charge in [-0.15, -0.1) is 11.3 Å². The number of benzene rings is 1. The van der Waals surface area contributed by atoms with Crippen LogP contribution in [0.4, 0.5) is 5.13 Å². The fraction of sp³-hybridized carbons (Fsp3) is 0.0714. The molecule has 1 N–H and O–H groups in total. The van der Waals surface area contributed by atoms with E-state index in [1.165, 1.54) is 17.4 Å². The van der Waals surface area contributed by atoms with Gasteiger partial charge in [-0.05, 0) is 19.1 Å². The first-order chi connectivity index (χ1) is 9.63. The van der Waals surface area contributed by atoms with E-state index in [9.17, 15) is 9.59 Å². The molecular weight excluding hydrogens is 276 g/mol. The molecule has 1 amide bonds. The fourth-order valence-corrected chi connectivity index (χ4v) is 2.47. The number of aryl methyl sites for hydroxylation is 1. The number of hydrogen-bond acceptors (Lipinski definition) is 5. The Bertz CT molecular complexity index is 851. The van der Waals surface area contributed by atoms with Crippen molar-refractivity contribution in [3.63, 3.8) is 0 Å². The predicted octanol–water partition coefficient (Wildman–Crippen LogP) is 2.81. The molecule has 0 fully saturated rings. The summed E-state index contributed by atoms with van der Waals surface area (Å²) in [5.41, 5.74) is 0.970. The van der Waals surface area contributed by atoms with Crippen LogP contribution in [0.1, 0.15) is 16.2 Å². The topological polar surface area (TPSA) is 72.2 Å². The number of nitrogens with one attached hydrogen (secondary N) is 1. The molecule has 0 atom stereocenters. The van der Waals surface area contributed by atoms with Gasteiger partial charge in [0.1, 0.15) is 5.58 Å². The molecule has 2 aromatic heterocycles. The lowest BCUT2D eigenvalue weighted by Crippen LogP contribution is -2.14. The molecule has 3 rings (SSSR count). The van der Waals surface area contributed by atoms with Gasteiger partial charge in [-0.3, -0.25) is 14.9 Å². The summed E-state index contributed by atoms with van der Waals surface area (Å²) < 4.78 is 5.45. The Kier molecular flexibility index (Phi) is 3.08. The maximum absolute atomic E-state index is 12.0. The number of carbonyl (C=O) groups is 1. The zero-order chi connectivity index (χ0) is 14.1. The number of carbonyl (C=O) groups excluding carboxylic acids is 1. The Morgan fingerprint density at radius 2 is 2.15 bits per heavy atom. The van der Waals surface area contributed by atoms with Crippen molar-refractivity contribution in [1.82, 2.24) is 4.98 Å². The second-order valence-corrected chi connectivity index (χ2v) is 5.08. The molecule has 1 aromatic carbocycles. The van der Waals surface area contributed by atoms with E-state index in [4.69, 9.17) is 4.42 Å². The highest BCUT2D eigenvalue weighted by molar-refractivity contribution is 7.13. The van der Waals surface area contributed by atoms with Crippen LogP contribution in [0.3, 0.4) is 0 Å². The van der Waals surface area contributed by atoms with Gasteiger partial charge in [0.05, 0.1) is 11.1 Å². The summed E-state index contributed by atoms with van der Waals surface area (Å²) in [4.78, 5) is 28.1. The third-order valence-electron chi connectivity index (χ3n) is 2.70. The maximum atomic E-state index is 12.0. The van der Waals surface area contributed by atoms with Crippen molar-refractivity contribution in [3.05, 3.63) is 57.4 Å². The van der Waals surface area contributed by atoms with Gasteiger partial charge in [-0.25, -0.2) is 4.98 Å². The number of nitrogens with zero attached hydrogens (tertiary/aromatic N) is 1. The molecule has 0 saturated carbocycles. The van der Waals surface area contributed by atoms with Gasteiger partial charge in [-0.1, -0.05) is 12.1 Å². The van der Waals surface area contributed by atoms with Gasteiger partial charge in [0.25, 0.3) is 5.91 Å². The molecule has 3 aromatic rings.